The maximum atomic E-state index is 12.7. The van der Waals surface area contributed by atoms with Crippen molar-refractivity contribution in [3.63, 3.8) is 0 Å². The monoisotopic (exact) mass is 498 g/mol. The highest BCUT2D eigenvalue weighted by Crippen LogP contribution is 2.20. The van der Waals surface area contributed by atoms with E-state index in [-0.39, 0.29) is 56.4 Å². The second-order valence-corrected chi connectivity index (χ2v) is 10.3. The maximum Gasteiger partial charge on any atom is 0.336 e. The van der Waals surface area contributed by atoms with Gasteiger partial charge in [0.2, 0.25) is 15.9 Å². The Morgan fingerprint density at radius 2 is 1.69 bits per heavy atom. The number of hydrogen-bond acceptors (Lipinski definition) is 7. The highest BCUT2D eigenvalue weighted by Gasteiger charge is 2.30. The molecule has 0 radical (unpaired) electrons. The van der Waals surface area contributed by atoms with Gasteiger partial charge in [0.1, 0.15) is 12.2 Å². The molecule has 0 bridgehead atoms. The number of benzene rings is 2. The van der Waals surface area contributed by atoms with Crippen LogP contribution in [0.5, 0.6) is 0 Å². The molecule has 2 heterocycles. The number of amides is 1. The molecule has 1 saturated heterocycles. The molecule has 1 aliphatic rings. The molecule has 1 fully saturated rings. The molecule has 1 aliphatic heterocycles. The van der Waals surface area contributed by atoms with Gasteiger partial charge in [-0.1, -0.05) is 30.3 Å². The van der Waals surface area contributed by atoms with Crippen LogP contribution in [0.15, 0.2) is 68.7 Å². The largest absolute Gasteiger partial charge is 0.461 e. The van der Waals surface area contributed by atoms with Crippen molar-refractivity contribution in [2.24, 2.45) is 0 Å². The molecule has 2 aromatic carbocycles. The summed E-state index contributed by atoms with van der Waals surface area (Å²) >= 11 is 0. The Labute approximate surface area is 202 Å². The van der Waals surface area contributed by atoms with Crippen LogP contribution in [0.2, 0.25) is 0 Å². The molecule has 0 atom stereocenters. The zero-order valence-electron chi connectivity index (χ0n) is 19.3. The quantitative estimate of drug-likeness (QED) is 0.363. The first-order valence-corrected chi connectivity index (χ1v) is 12.7. The topological polar surface area (TPSA) is 114 Å². The molecule has 0 unspecified atom stereocenters. The predicted molar refractivity (Wildman–Crippen MR) is 128 cm³/mol. The van der Waals surface area contributed by atoms with Crippen LogP contribution in [-0.4, -0.2) is 55.7 Å². The summed E-state index contributed by atoms with van der Waals surface area (Å²) in [7, 11) is -3.60. The highest BCUT2D eigenvalue weighted by molar-refractivity contribution is 7.89. The molecule has 0 spiro atoms. The summed E-state index contributed by atoms with van der Waals surface area (Å²) in [4.78, 5) is 38.4. The van der Waals surface area contributed by atoms with Crippen LogP contribution >= 0.6 is 0 Å². The minimum Gasteiger partial charge on any atom is -0.461 e. The van der Waals surface area contributed by atoms with E-state index in [0.717, 1.165) is 5.56 Å². The van der Waals surface area contributed by atoms with Crippen molar-refractivity contribution < 1.29 is 27.2 Å². The number of aryl methyl sites for hydroxylation is 1. The fraction of sp³-hybridized carbons (Fsp3) is 0.320. The smallest absolute Gasteiger partial charge is 0.336 e. The van der Waals surface area contributed by atoms with Crippen LogP contribution in [0.4, 0.5) is 0 Å². The van der Waals surface area contributed by atoms with E-state index in [4.69, 9.17) is 9.15 Å². The van der Waals surface area contributed by atoms with Crippen molar-refractivity contribution in [1.29, 1.82) is 0 Å². The van der Waals surface area contributed by atoms with Crippen LogP contribution < -0.4 is 5.63 Å². The molecule has 10 heteroatoms. The van der Waals surface area contributed by atoms with Crippen LogP contribution in [-0.2, 0) is 31.0 Å². The number of fused-ring (bicyclic) bond motifs is 1. The summed E-state index contributed by atoms with van der Waals surface area (Å²) in [6.45, 7) is 2.67. The average Bonchev–Trinajstić information content (AvgIpc) is 2.86. The summed E-state index contributed by atoms with van der Waals surface area (Å²) in [5.74, 6) is -0.794. The molecular weight excluding hydrogens is 472 g/mol. The van der Waals surface area contributed by atoms with E-state index in [1.54, 1.807) is 47.4 Å². The summed E-state index contributed by atoms with van der Waals surface area (Å²) in [5, 5.41) is 0.683. The summed E-state index contributed by atoms with van der Waals surface area (Å²) in [5.41, 5.74) is 1.36. The molecule has 35 heavy (non-hydrogen) atoms. The number of sulfonamides is 1. The van der Waals surface area contributed by atoms with Crippen LogP contribution in [0, 0.1) is 6.92 Å². The first-order chi connectivity index (χ1) is 16.7. The second kappa shape index (κ2) is 10.4. The van der Waals surface area contributed by atoms with Gasteiger partial charge in [0, 0.05) is 49.6 Å². The van der Waals surface area contributed by atoms with Gasteiger partial charge in [0.15, 0.2) is 0 Å². The molecule has 0 saturated carbocycles. The lowest BCUT2D eigenvalue weighted by molar-refractivity contribution is -0.147. The van der Waals surface area contributed by atoms with Crippen molar-refractivity contribution in [2.75, 3.05) is 26.2 Å². The number of carbonyl (C=O) groups excluding carboxylic acids is 2. The molecule has 0 N–H and O–H groups in total. The highest BCUT2D eigenvalue weighted by atomic mass is 32.2. The number of esters is 1. The van der Waals surface area contributed by atoms with Gasteiger partial charge in [-0.15, -0.1) is 0 Å². The average molecular weight is 499 g/mol. The fourth-order valence-corrected chi connectivity index (χ4v) is 5.42. The van der Waals surface area contributed by atoms with E-state index >= 15 is 0 Å². The fourth-order valence-electron chi connectivity index (χ4n) is 3.97. The normalized spacial score (nSPS) is 14.7. The van der Waals surface area contributed by atoms with Crippen molar-refractivity contribution in [3.8, 4) is 0 Å². The molecular formula is C25H26N2O7S. The minimum atomic E-state index is -3.60. The van der Waals surface area contributed by atoms with E-state index in [2.05, 4.69) is 0 Å². The van der Waals surface area contributed by atoms with Gasteiger partial charge in [-0.2, -0.15) is 4.31 Å². The molecule has 1 amide bonds. The Balaban J connectivity index is 1.26. The summed E-state index contributed by atoms with van der Waals surface area (Å²) in [6.07, 6.45) is -0.152. The van der Waals surface area contributed by atoms with Gasteiger partial charge in [-0.05, 0) is 30.7 Å². The van der Waals surface area contributed by atoms with Gasteiger partial charge in [-0.25, -0.2) is 13.2 Å². The van der Waals surface area contributed by atoms with E-state index in [9.17, 15) is 22.8 Å². The van der Waals surface area contributed by atoms with Crippen molar-refractivity contribution in [1.82, 2.24) is 9.21 Å². The van der Waals surface area contributed by atoms with E-state index in [0.29, 0.717) is 16.5 Å². The Bertz CT molecular complexity index is 1390. The van der Waals surface area contributed by atoms with Gasteiger partial charge >= 0.3 is 11.6 Å². The Morgan fingerprint density at radius 1 is 0.971 bits per heavy atom. The number of carbonyl (C=O) groups is 2. The van der Waals surface area contributed by atoms with Crippen molar-refractivity contribution in [2.45, 2.75) is 31.3 Å². The predicted octanol–water partition coefficient (Wildman–Crippen LogP) is 2.46. The Hall–Kier alpha value is -3.50. The van der Waals surface area contributed by atoms with Crippen molar-refractivity contribution in [3.05, 3.63) is 76.1 Å². The maximum absolute atomic E-state index is 12.7. The van der Waals surface area contributed by atoms with Gasteiger partial charge < -0.3 is 14.1 Å². The Kier molecular flexibility index (Phi) is 7.32. The lowest BCUT2D eigenvalue weighted by atomic mass is 10.1. The second-order valence-electron chi connectivity index (χ2n) is 8.35. The van der Waals surface area contributed by atoms with Crippen LogP contribution in [0.1, 0.15) is 24.0 Å². The first kappa shape index (κ1) is 24.6. The third-order valence-electron chi connectivity index (χ3n) is 5.89. The SMILES string of the molecule is Cc1ccc2c(COC(=O)CCC(=O)N3CCN(S(=O)(=O)c4ccccc4)CC3)cc(=O)oc2c1. The molecule has 9 nitrogen and oxygen atoms in total. The van der Waals surface area contributed by atoms with E-state index in [1.807, 2.05) is 13.0 Å². The third-order valence-corrected chi connectivity index (χ3v) is 7.80. The number of ether oxygens (including phenoxy) is 1. The zero-order chi connectivity index (χ0) is 25.0. The number of nitrogens with zero attached hydrogens (tertiary/aromatic N) is 2. The Morgan fingerprint density at radius 3 is 2.40 bits per heavy atom. The summed E-state index contributed by atoms with van der Waals surface area (Å²) in [6, 6.07) is 14.9. The molecule has 184 valence electrons. The number of piperazine rings is 1. The molecule has 0 aliphatic carbocycles. The first-order valence-electron chi connectivity index (χ1n) is 11.3. The summed E-state index contributed by atoms with van der Waals surface area (Å²) < 4.78 is 37.3. The lowest BCUT2D eigenvalue weighted by Crippen LogP contribution is -2.50. The van der Waals surface area contributed by atoms with E-state index in [1.165, 1.54) is 10.4 Å². The lowest BCUT2D eigenvalue weighted by Gasteiger charge is -2.34. The molecule has 1 aromatic heterocycles. The van der Waals surface area contributed by atoms with E-state index < -0.39 is 21.6 Å². The zero-order valence-corrected chi connectivity index (χ0v) is 20.1. The van der Waals surface area contributed by atoms with Gasteiger partial charge in [-0.3, -0.25) is 9.59 Å². The number of hydrogen-bond donors (Lipinski definition) is 0. The number of rotatable bonds is 7. The van der Waals surface area contributed by atoms with Crippen molar-refractivity contribution >= 4 is 32.9 Å². The standard InChI is InChI=1S/C25H26N2O7S/c1-18-7-8-21-19(16-25(30)34-22(21)15-18)17-33-24(29)10-9-23(28)26-11-13-27(14-12-26)35(31,32)20-5-3-2-4-6-20/h2-8,15-16H,9-14,17H2,1H3. The van der Waals surface area contributed by atoms with Crippen LogP contribution in [0.25, 0.3) is 11.0 Å². The minimum absolute atomic E-state index is 0.0405. The van der Waals surface area contributed by atoms with Crippen LogP contribution in [0.3, 0.4) is 0 Å². The third kappa shape index (κ3) is 5.77. The molecule has 4 rings (SSSR count). The van der Waals surface area contributed by atoms with Gasteiger partial charge in [0.05, 0.1) is 11.3 Å². The molecule has 3 aromatic rings. The van der Waals surface area contributed by atoms with Gasteiger partial charge in [0.25, 0.3) is 0 Å².